The van der Waals surface area contributed by atoms with Crippen LogP contribution in [0.15, 0.2) is 42.5 Å². The lowest BCUT2D eigenvalue weighted by atomic mass is 10.1. The highest BCUT2D eigenvalue weighted by atomic mass is 19.1. The Morgan fingerprint density at radius 2 is 1.68 bits per heavy atom. The summed E-state index contributed by atoms with van der Waals surface area (Å²) >= 11 is 0. The zero-order chi connectivity index (χ0) is 13.8. The van der Waals surface area contributed by atoms with E-state index in [1.165, 1.54) is 24.3 Å². The van der Waals surface area contributed by atoms with Crippen LogP contribution in [0.3, 0.4) is 0 Å². The van der Waals surface area contributed by atoms with E-state index in [-0.39, 0.29) is 11.8 Å². The van der Waals surface area contributed by atoms with Crippen molar-refractivity contribution in [2.75, 3.05) is 10.6 Å². The van der Waals surface area contributed by atoms with Crippen molar-refractivity contribution in [1.29, 1.82) is 0 Å². The molecular formula is C15H15FN2O. The summed E-state index contributed by atoms with van der Waals surface area (Å²) in [5, 5.41) is 5.40. The third-order valence-corrected chi connectivity index (χ3v) is 2.73. The third kappa shape index (κ3) is 3.55. The van der Waals surface area contributed by atoms with Crippen LogP contribution >= 0.6 is 0 Å². The molecule has 0 aliphatic heterocycles. The van der Waals surface area contributed by atoms with Crippen LogP contribution in [-0.2, 0) is 0 Å². The van der Waals surface area contributed by atoms with Gasteiger partial charge in [0.15, 0.2) is 0 Å². The highest BCUT2D eigenvalue weighted by Crippen LogP contribution is 2.16. The normalized spacial score (nSPS) is 10.1. The van der Waals surface area contributed by atoms with E-state index in [4.69, 9.17) is 0 Å². The summed E-state index contributed by atoms with van der Waals surface area (Å²) in [6.07, 6.45) is 0. The van der Waals surface area contributed by atoms with Crippen LogP contribution in [0.5, 0.6) is 0 Å². The molecule has 0 unspecified atom stereocenters. The van der Waals surface area contributed by atoms with Gasteiger partial charge in [-0.3, -0.25) is 0 Å². The number of amides is 2. The summed E-state index contributed by atoms with van der Waals surface area (Å²) in [6.45, 7) is 3.93. The maximum atomic E-state index is 12.7. The van der Waals surface area contributed by atoms with Gasteiger partial charge in [-0.2, -0.15) is 0 Å². The summed E-state index contributed by atoms with van der Waals surface area (Å²) in [5.41, 5.74) is 3.44. The Morgan fingerprint density at radius 3 is 2.32 bits per heavy atom. The molecule has 0 saturated carbocycles. The molecule has 0 radical (unpaired) electrons. The SMILES string of the molecule is Cc1ccc(NC(=O)Nc2ccc(F)cc2)c(C)c1. The van der Waals surface area contributed by atoms with Crippen molar-refractivity contribution in [2.45, 2.75) is 13.8 Å². The first kappa shape index (κ1) is 13.1. The van der Waals surface area contributed by atoms with E-state index in [0.29, 0.717) is 5.69 Å². The van der Waals surface area contributed by atoms with Gasteiger partial charge in [0.1, 0.15) is 5.82 Å². The van der Waals surface area contributed by atoms with Gasteiger partial charge < -0.3 is 10.6 Å². The number of rotatable bonds is 2. The molecule has 0 bridgehead atoms. The third-order valence-electron chi connectivity index (χ3n) is 2.73. The summed E-state index contributed by atoms with van der Waals surface area (Å²) < 4.78 is 12.7. The Kier molecular flexibility index (Phi) is 3.80. The number of carbonyl (C=O) groups is 1. The molecule has 0 spiro atoms. The number of hydrogen-bond acceptors (Lipinski definition) is 1. The molecule has 0 saturated heterocycles. The molecule has 0 fully saturated rings. The molecule has 2 N–H and O–H groups in total. The van der Waals surface area contributed by atoms with Crippen molar-refractivity contribution in [3.8, 4) is 0 Å². The van der Waals surface area contributed by atoms with E-state index in [1.54, 1.807) is 0 Å². The zero-order valence-electron chi connectivity index (χ0n) is 10.8. The quantitative estimate of drug-likeness (QED) is 0.837. The van der Waals surface area contributed by atoms with Gasteiger partial charge in [0.25, 0.3) is 0 Å². The molecule has 2 amide bonds. The predicted octanol–water partition coefficient (Wildman–Crippen LogP) is 4.09. The number of carbonyl (C=O) groups excluding carboxylic acids is 1. The molecule has 0 aliphatic rings. The molecule has 3 nitrogen and oxygen atoms in total. The Balaban J connectivity index is 2.03. The molecule has 19 heavy (non-hydrogen) atoms. The fourth-order valence-corrected chi connectivity index (χ4v) is 1.77. The number of anilines is 2. The van der Waals surface area contributed by atoms with Gasteiger partial charge in [0.05, 0.1) is 0 Å². The molecule has 0 aliphatic carbocycles. The van der Waals surface area contributed by atoms with Crippen LogP contribution in [0.25, 0.3) is 0 Å². The summed E-state index contributed by atoms with van der Waals surface area (Å²) in [6, 6.07) is 11.1. The fraction of sp³-hybridized carbons (Fsp3) is 0.133. The second kappa shape index (κ2) is 5.52. The summed E-state index contributed by atoms with van der Waals surface area (Å²) in [4.78, 5) is 11.8. The van der Waals surface area contributed by atoms with Gasteiger partial charge in [0, 0.05) is 11.4 Å². The van der Waals surface area contributed by atoms with Gasteiger partial charge in [-0.25, -0.2) is 9.18 Å². The highest BCUT2D eigenvalue weighted by molar-refractivity contribution is 6.00. The first-order chi connectivity index (χ1) is 9.04. The predicted molar refractivity (Wildman–Crippen MR) is 75.0 cm³/mol. The number of nitrogens with one attached hydrogen (secondary N) is 2. The largest absolute Gasteiger partial charge is 0.323 e. The van der Waals surface area contributed by atoms with Crippen molar-refractivity contribution in [3.63, 3.8) is 0 Å². The lowest BCUT2D eigenvalue weighted by molar-refractivity contribution is 0.262. The minimum atomic E-state index is -0.349. The molecule has 2 rings (SSSR count). The molecule has 2 aromatic rings. The van der Waals surface area contributed by atoms with E-state index >= 15 is 0 Å². The fourth-order valence-electron chi connectivity index (χ4n) is 1.77. The Bertz CT molecular complexity index is 594. The minimum absolute atomic E-state index is 0.333. The highest BCUT2D eigenvalue weighted by Gasteiger charge is 2.05. The zero-order valence-corrected chi connectivity index (χ0v) is 10.8. The first-order valence-corrected chi connectivity index (χ1v) is 5.95. The number of aryl methyl sites for hydroxylation is 2. The van der Waals surface area contributed by atoms with E-state index < -0.39 is 0 Å². The van der Waals surface area contributed by atoms with Crippen LogP contribution in [0.1, 0.15) is 11.1 Å². The molecule has 4 heteroatoms. The molecule has 0 heterocycles. The molecule has 2 aromatic carbocycles. The number of urea groups is 1. The Hall–Kier alpha value is -2.36. The van der Waals surface area contributed by atoms with Crippen LogP contribution in [0, 0.1) is 19.7 Å². The van der Waals surface area contributed by atoms with E-state index in [0.717, 1.165) is 16.8 Å². The minimum Gasteiger partial charge on any atom is -0.308 e. The van der Waals surface area contributed by atoms with Crippen molar-refractivity contribution in [3.05, 3.63) is 59.4 Å². The Morgan fingerprint density at radius 1 is 1.00 bits per heavy atom. The van der Waals surface area contributed by atoms with Crippen molar-refractivity contribution >= 4 is 17.4 Å². The first-order valence-electron chi connectivity index (χ1n) is 5.95. The number of halogens is 1. The van der Waals surface area contributed by atoms with Crippen molar-refractivity contribution < 1.29 is 9.18 Å². The summed E-state index contributed by atoms with van der Waals surface area (Å²) in [5.74, 6) is -0.333. The van der Waals surface area contributed by atoms with E-state index in [1.807, 2.05) is 32.0 Å². The van der Waals surface area contributed by atoms with Gasteiger partial charge in [0.2, 0.25) is 0 Å². The lowest BCUT2D eigenvalue weighted by Crippen LogP contribution is -2.19. The van der Waals surface area contributed by atoms with Gasteiger partial charge >= 0.3 is 6.03 Å². The van der Waals surface area contributed by atoms with E-state index in [2.05, 4.69) is 10.6 Å². The average Bonchev–Trinajstić information content (AvgIpc) is 2.36. The van der Waals surface area contributed by atoms with E-state index in [9.17, 15) is 9.18 Å². The maximum absolute atomic E-state index is 12.7. The summed E-state index contributed by atoms with van der Waals surface area (Å²) in [7, 11) is 0. The second-order valence-corrected chi connectivity index (χ2v) is 4.40. The topological polar surface area (TPSA) is 41.1 Å². The Labute approximate surface area is 111 Å². The van der Waals surface area contributed by atoms with Gasteiger partial charge in [-0.05, 0) is 49.7 Å². The average molecular weight is 258 g/mol. The standard InChI is InChI=1S/C15H15FN2O/c1-10-3-8-14(11(2)9-10)18-15(19)17-13-6-4-12(16)5-7-13/h3-9H,1-2H3,(H2,17,18,19). The van der Waals surface area contributed by atoms with Crippen molar-refractivity contribution in [1.82, 2.24) is 0 Å². The smallest absolute Gasteiger partial charge is 0.308 e. The van der Waals surface area contributed by atoms with Gasteiger partial charge in [-0.15, -0.1) is 0 Å². The van der Waals surface area contributed by atoms with Crippen molar-refractivity contribution in [2.24, 2.45) is 0 Å². The van der Waals surface area contributed by atoms with Crippen LogP contribution in [0.4, 0.5) is 20.6 Å². The monoisotopic (exact) mass is 258 g/mol. The second-order valence-electron chi connectivity index (χ2n) is 4.40. The maximum Gasteiger partial charge on any atom is 0.323 e. The van der Waals surface area contributed by atoms with Crippen LogP contribution < -0.4 is 10.6 Å². The van der Waals surface area contributed by atoms with Gasteiger partial charge in [-0.1, -0.05) is 17.7 Å². The number of hydrogen-bond donors (Lipinski definition) is 2. The lowest BCUT2D eigenvalue weighted by Gasteiger charge is -2.10. The molecular weight excluding hydrogens is 243 g/mol. The molecule has 98 valence electrons. The number of benzene rings is 2. The van der Waals surface area contributed by atoms with Crippen LogP contribution in [-0.4, -0.2) is 6.03 Å². The molecule has 0 aromatic heterocycles. The molecule has 0 atom stereocenters. The van der Waals surface area contributed by atoms with Crippen LogP contribution in [0.2, 0.25) is 0 Å².